The quantitative estimate of drug-likeness (QED) is 0.336. The molecule has 1 rings (SSSR count). The summed E-state index contributed by atoms with van der Waals surface area (Å²) in [6.45, 7) is 0.666. The highest BCUT2D eigenvalue weighted by Gasteiger charge is 2.10. The Morgan fingerprint density at radius 1 is 1.47 bits per heavy atom. The Morgan fingerprint density at radius 2 is 2.18 bits per heavy atom. The van der Waals surface area contributed by atoms with Gasteiger partial charge in [0.15, 0.2) is 0 Å². The SMILES string of the molecule is O=C(O)/C=C/CNCc1ccccc1[N+](=O)[O-]. The fourth-order valence-electron chi connectivity index (χ4n) is 1.29. The van der Waals surface area contributed by atoms with Gasteiger partial charge < -0.3 is 10.4 Å². The van der Waals surface area contributed by atoms with E-state index in [1.165, 1.54) is 12.1 Å². The second-order valence-corrected chi connectivity index (χ2v) is 3.26. The molecule has 17 heavy (non-hydrogen) atoms. The number of rotatable bonds is 6. The molecule has 1 aromatic carbocycles. The molecule has 0 saturated carbocycles. The van der Waals surface area contributed by atoms with E-state index in [0.29, 0.717) is 18.7 Å². The normalized spacial score (nSPS) is 10.6. The summed E-state index contributed by atoms with van der Waals surface area (Å²) in [6.07, 6.45) is 2.46. The van der Waals surface area contributed by atoms with Gasteiger partial charge in [-0.2, -0.15) is 0 Å². The fourth-order valence-corrected chi connectivity index (χ4v) is 1.29. The summed E-state index contributed by atoms with van der Waals surface area (Å²) in [5, 5.41) is 21.9. The number of nitrogens with zero attached hydrogens (tertiary/aromatic N) is 1. The Balaban J connectivity index is 2.52. The molecular formula is C11H12N2O4. The Labute approximate surface area is 97.7 Å². The second kappa shape index (κ2) is 6.39. The number of nitrogens with one attached hydrogen (secondary N) is 1. The lowest BCUT2D eigenvalue weighted by Gasteiger charge is -2.02. The predicted molar refractivity (Wildman–Crippen MR) is 61.6 cm³/mol. The summed E-state index contributed by atoms with van der Waals surface area (Å²) in [5.41, 5.74) is 0.628. The van der Waals surface area contributed by atoms with E-state index in [2.05, 4.69) is 5.32 Å². The van der Waals surface area contributed by atoms with Gasteiger partial charge in [0.1, 0.15) is 0 Å². The van der Waals surface area contributed by atoms with Gasteiger partial charge >= 0.3 is 5.97 Å². The molecule has 0 atom stereocenters. The molecule has 0 fully saturated rings. The van der Waals surface area contributed by atoms with Crippen molar-refractivity contribution in [3.63, 3.8) is 0 Å². The first kappa shape index (κ1) is 12.9. The highest BCUT2D eigenvalue weighted by molar-refractivity contribution is 5.79. The first-order valence-electron chi connectivity index (χ1n) is 4.93. The van der Waals surface area contributed by atoms with Crippen LogP contribution in [0, 0.1) is 10.1 Å². The highest BCUT2D eigenvalue weighted by Crippen LogP contribution is 2.16. The Bertz CT molecular complexity index is 443. The smallest absolute Gasteiger partial charge is 0.328 e. The lowest BCUT2D eigenvalue weighted by atomic mass is 10.2. The standard InChI is InChI=1S/C11H12N2O4/c14-11(15)6-3-7-12-8-9-4-1-2-5-10(9)13(16)17/h1-6,12H,7-8H2,(H,14,15)/b6-3+. The molecule has 0 aliphatic heterocycles. The number of hydrogen-bond donors (Lipinski definition) is 2. The largest absolute Gasteiger partial charge is 0.478 e. The Kier molecular flexibility index (Phi) is 4.83. The van der Waals surface area contributed by atoms with E-state index >= 15 is 0 Å². The van der Waals surface area contributed by atoms with E-state index in [9.17, 15) is 14.9 Å². The zero-order valence-electron chi connectivity index (χ0n) is 9.00. The summed E-state index contributed by atoms with van der Waals surface area (Å²) < 4.78 is 0. The summed E-state index contributed by atoms with van der Waals surface area (Å²) >= 11 is 0. The molecule has 0 bridgehead atoms. The van der Waals surface area contributed by atoms with Gasteiger partial charge in [-0.05, 0) is 0 Å². The van der Waals surface area contributed by atoms with Crippen molar-refractivity contribution in [2.24, 2.45) is 0 Å². The summed E-state index contributed by atoms with van der Waals surface area (Å²) in [5.74, 6) is -1.02. The molecule has 0 saturated heterocycles. The van der Waals surface area contributed by atoms with Crippen molar-refractivity contribution < 1.29 is 14.8 Å². The first-order chi connectivity index (χ1) is 8.11. The van der Waals surface area contributed by atoms with E-state index in [1.807, 2.05) is 0 Å². The third-order valence-electron chi connectivity index (χ3n) is 2.03. The minimum absolute atomic E-state index is 0.0576. The number of aliphatic carboxylic acids is 1. The first-order valence-corrected chi connectivity index (χ1v) is 4.93. The highest BCUT2D eigenvalue weighted by atomic mass is 16.6. The topological polar surface area (TPSA) is 92.5 Å². The molecule has 0 unspecified atom stereocenters. The van der Waals surface area contributed by atoms with Gasteiger partial charge in [-0.15, -0.1) is 0 Å². The molecule has 0 radical (unpaired) electrons. The van der Waals surface area contributed by atoms with Crippen LogP contribution in [0.15, 0.2) is 36.4 Å². The van der Waals surface area contributed by atoms with Crippen LogP contribution < -0.4 is 5.32 Å². The molecule has 6 heteroatoms. The maximum atomic E-state index is 10.7. The predicted octanol–water partition coefficient (Wildman–Crippen LogP) is 1.33. The summed E-state index contributed by atoms with van der Waals surface area (Å²) in [7, 11) is 0. The van der Waals surface area contributed by atoms with Crippen LogP contribution in [0.1, 0.15) is 5.56 Å². The molecule has 2 N–H and O–H groups in total. The number of carboxylic acid groups (broad SMARTS) is 1. The van der Waals surface area contributed by atoms with Gasteiger partial charge in [-0.3, -0.25) is 10.1 Å². The average Bonchev–Trinajstić information content (AvgIpc) is 2.28. The number of nitro benzene ring substituents is 1. The molecule has 0 aromatic heterocycles. The zero-order chi connectivity index (χ0) is 12.7. The third-order valence-corrected chi connectivity index (χ3v) is 2.03. The second-order valence-electron chi connectivity index (χ2n) is 3.26. The van der Waals surface area contributed by atoms with Crippen LogP contribution in [0.5, 0.6) is 0 Å². The third kappa shape index (κ3) is 4.43. The molecule has 6 nitrogen and oxygen atoms in total. The molecule has 0 amide bonds. The minimum atomic E-state index is -1.02. The maximum absolute atomic E-state index is 10.7. The van der Waals surface area contributed by atoms with Gasteiger partial charge in [0.05, 0.1) is 4.92 Å². The summed E-state index contributed by atoms with van der Waals surface area (Å²) in [6, 6.07) is 6.42. The van der Waals surface area contributed by atoms with E-state index in [1.54, 1.807) is 18.2 Å². The van der Waals surface area contributed by atoms with E-state index < -0.39 is 10.9 Å². The number of carbonyl (C=O) groups is 1. The van der Waals surface area contributed by atoms with Crippen molar-refractivity contribution in [2.45, 2.75) is 6.54 Å². The van der Waals surface area contributed by atoms with Gasteiger partial charge in [-0.25, -0.2) is 4.79 Å². The van der Waals surface area contributed by atoms with Crippen molar-refractivity contribution in [3.05, 3.63) is 52.1 Å². The maximum Gasteiger partial charge on any atom is 0.328 e. The van der Waals surface area contributed by atoms with Crippen LogP contribution >= 0.6 is 0 Å². The summed E-state index contributed by atoms with van der Waals surface area (Å²) in [4.78, 5) is 20.4. The Hall–Kier alpha value is -2.21. The average molecular weight is 236 g/mol. The van der Waals surface area contributed by atoms with Crippen LogP contribution in [0.25, 0.3) is 0 Å². The minimum Gasteiger partial charge on any atom is -0.478 e. The van der Waals surface area contributed by atoms with Crippen molar-refractivity contribution in [1.29, 1.82) is 0 Å². The van der Waals surface area contributed by atoms with Crippen LogP contribution in [-0.2, 0) is 11.3 Å². The zero-order valence-corrected chi connectivity index (χ0v) is 9.00. The molecule has 0 aliphatic carbocycles. The van der Waals surface area contributed by atoms with Gasteiger partial charge in [-0.1, -0.05) is 24.3 Å². The van der Waals surface area contributed by atoms with Crippen LogP contribution in [0.3, 0.4) is 0 Å². The number of benzene rings is 1. The van der Waals surface area contributed by atoms with Gasteiger partial charge in [0.25, 0.3) is 5.69 Å². The fraction of sp³-hybridized carbons (Fsp3) is 0.182. The molecular weight excluding hydrogens is 224 g/mol. The van der Waals surface area contributed by atoms with Gasteiger partial charge in [0, 0.05) is 30.8 Å². The lowest BCUT2D eigenvalue weighted by Crippen LogP contribution is -2.14. The van der Waals surface area contributed by atoms with Gasteiger partial charge in [0.2, 0.25) is 0 Å². The number of nitro groups is 1. The number of para-hydroxylation sites is 1. The number of hydrogen-bond acceptors (Lipinski definition) is 4. The van der Waals surface area contributed by atoms with Crippen molar-refractivity contribution in [3.8, 4) is 0 Å². The van der Waals surface area contributed by atoms with E-state index in [0.717, 1.165) is 6.08 Å². The van der Waals surface area contributed by atoms with Crippen molar-refractivity contribution >= 4 is 11.7 Å². The molecule has 90 valence electrons. The lowest BCUT2D eigenvalue weighted by molar-refractivity contribution is -0.385. The molecule has 1 aromatic rings. The molecule has 0 aliphatic rings. The van der Waals surface area contributed by atoms with Crippen LogP contribution in [-0.4, -0.2) is 22.5 Å². The Morgan fingerprint density at radius 3 is 2.82 bits per heavy atom. The van der Waals surface area contributed by atoms with Crippen LogP contribution in [0.2, 0.25) is 0 Å². The number of carboxylic acids is 1. The van der Waals surface area contributed by atoms with Crippen molar-refractivity contribution in [1.82, 2.24) is 5.32 Å². The van der Waals surface area contributed by atoms with Crippen molar-refractivity contribution in [2.75, 3.05) is 6.54 Å². The van der Waals surface area contributed by atoms with Crippen LogP contribution in [0.4, 0.5) is 5.69 Å². The van der Waals surface area contributed by atoms with E-state index in [4.69, 9.17) is 5.11 Å². The molecule has 0 heterocycles. The monoisotopic (exact) mass is 236 g/mol. The van der Waals surface area contributed by atoms with E-state index in [-0.39, 0.29) is 5.69 Å². The molecule has 0 spiro atoms.